The lowest BCUT2D eigenvalue weighted by Crippen LogP contribution is -2.35. The van der Waals surface area contributed by atoms with E-state index in [-0.39, 0.29) is 12.5 Å². The van der Waals surface area contributed by atoms with Crippen molar-refractivity contribution in [2.45, 2.75) is 6.92 Å². The highest BCUT2D eigenvalue weighted by Gasteiger charge is 2.14. The molecule has 0 atom stereocenters. The van der Waals surface area contributed by atoms with Crippen molar-refractivity contribution >= 4 is 45.6 Å². The molecule has 2 aromatic carbocycles. The Bertz CT molecular complexity index is 995. The molecule has 0 spiro atoms. The normalized spacial score (nSPS) is 10.4. The minimum Gasteiger partial charge on any atom is -0.494 e. The largest absolute Gasteiger partial charge is 0.494 e. The van der Waals surface area contributed by atoms with Crippen molar-refractivity contribution < 1.29 is 28.6 Å². The maximum absolute atomic E-state index is 12.2. The van der Waals surface area contributed by atoms with Crippen LogP contribution in [-0.2, 0) is 14.4 Å². The zero-order valence-electron chi connectivity index (χ0n) is 17.7. The van der Waals surface area contributed by atoms with Gasteiger partial charge in [-0.25, -0.2) is 5.43 Å². The molecule has 0 aliphatic heterocycles. The van der Waals surface area contributed by atoms with Gasteiger partial charge in [0, 0.05) is 12.7 Å². The lowest BCUT2D eigenvalue weighted by molar-refractivity contribution is -0.138. The first-order valence-electron chi connectivity index (χ1n) is 9.46. The number of ether oxygens (including phenoxy) is 3. The molecule has 32 heavy (non-hydrogen) atoms. The van der Waals surface area contributed by atoms with Gasteiger partial charge in [0.2, 0.25) is 0 Å². The molecule has 0 bridgehead atoms. The molecule has 0 saturated heterocycles. The number of carbonyl (C=O) groups excluding carboxylic acids is 3. The smallest absolute Gasteiger partial charge is 0.329 e. The van der Waals surface area contributed by atoms with E-state index in [1.54, 1.807) is 36.4 Å². The molecule has 0 aromatic heterocycles. The first-order valence-corrected chi connectivity index (χ1v) is 10.2. The molecule has 10 nitrogen and oxygen atoms in total. The van der Waals surface area contributed by atoms with Gasteiger partial charge in [-0.1, -0.05) is 0 Å². The monoisotopic (exact) mass is 506 g/mol. The van der Waals surface area contributed by atoms with Crippen LogP contribution in [0.3, 0.4) is 0 Å². The van der Waals surface area contributed by atoms with Crippen molar-refractivity contribution in [2.24, 2.45) is 5.10 Å². The number of carbonyl (C=O) groups is 3. The molecule has 3 amide bonds. The van der Waals surface area contributed by atoms with Crippen LogP contribution in [0.2, 0.25) is 0 Å². The molecule has 0 unspecified atom stereocenters. The summed E-state index contributed by atoms with van der Waals surface area (Å²) in [5, 5.41) is 8.64. The molecule has 0 aliphatic carbocycles. The van der Waals surface area contributed by atoms with E-state index in [1.165, 1.54) is 20.4 Å². The van der Waals surface area contributed by atoms with Crippen LogP contribution in [0.15, 0.2) is 46.0 Å². The molecular weight excluding hydrogens is 484 g/mol. The van der Waals surface area contributed by atoms with Crippen LogP contribution in [0, 0.1) is 0 Å². The van der Waals surface area contributed by atoms with Crippen molar-refractivity contribution in [3.63, 3.8) is 0 Å². The fourth-order valence-corrected chi connectivity index (χ4v) is 2.99. The van der Waals surface area contributed by atoms with Gasteiger partial charge in [-0.15, -0.1) is 0 Å². The lowest BCUT2D eigenvalue weighted by atomic mass is 10.2. The molecule has 0 radical (unpaired) electrons. The van der Waals surface area contributed by atoms with Gasteiger partial charge in [-0.05, 0) is 64.8 Å². The Morgan fingerprint density at radius 3 is 2.44 bits per heavy atom. The molecule has 170 valence electrons. The Morgan fingerprint density at radius 2 is 1.81 bits per heavy atom. The summed E-state index contributed by atoms with van der Waals surface area (Å²) in [6.45, 7) is 2.20. The number of hydrazone groups is 1. The van der Waals surface area contributed by atoms with Crippen molar-refractivity contribution in [1.82, 2.24) is 10.7 Å². The second-order valence-corrected chi connectivity index (χ2v) is 6.96. The number of halogens is 1. The highest BCUT2D eigenvalue weighted by molar-refractivity contribution is 9.10. The van der Waals surface area contributed by atoms with Crippen LogP contribution in [0.25, 0.3) is 0 Å². The van der Waals surface area contributed by atoms with Gasteiger partial charge in [0.15, 0.2) is 18.1 Å². The van der Waals surface area contributed by atoms with E-state index in [1.807, 2.05) is 6.92 Å². The number of hydrogen-bond acceptors (Lipinski definition) is 7. The summed E-state index contributed by atoms with van der Waals surface area (Å²) in [4.78, 5) is 34.8. The van der Waals surface area contributed by atoms with Crippen LogP contribution < -0.4 is 30.3 Å². The maximum atomic E-state index is 12.2. The van der Waals surface area contributed by atoms with E-state index in [4.69, 9.17) is 14.2 Å². The Morgan fingerprint density at radius 1 is 1.09 bits per heavy atom. The first-order chi connectivity index (χ1) is 15.4. The van der Waals surface area contributed by atoms with E-state index in [2.05, 4.69) is 37.1 Å². The fraction of sp³-hybridized carbons (Fsp3) is 0.238. The minimum atomic E-state index is -0.895. The molecule has 0 saturated carbocycles. The van der Waals surface area contributed by atoms with Crippen LogP contribution in [0.1, 0.15) is 12.5 Å². The molecule has 3 N–H and O–H groups in total. The molecule has 0 aliphatic rings. The third-order valence-corrected chi connectivity index (χ3v) is 4.45. The van der Waals surface area contributed by atoms with E-state index in [9.17, 15) is 14.4 Å². The van der Waals surface area contributed by atoms with Gasteiger partial charge in [-0.3, -0.25) is 14.4 Å². The Balaban J connectivity index is 1.99. The number of nitrogens with zero attached hydrogens (tertiary/aromatic N) is 1. The number of anilines is 1. The van der Waals surface area contributed by atoms with Crippen molar-refractivity contribution in [1.29, 1.82) is 0 Å². The molecule has 2 aromatic rings. The van der Waals surface area contributed by atoms with Crippen molar-refractivity contribution in [3.8, 4) is 17.2 Å². The Labute approximate surface area is 193 Å². The third kappa shape index (κ3) is 7.27. The SMILES string of the molecule is CCOc1ccc(NC(=O)COc2c(Br)cc(/C=N\NC(=O)C(=O)NC)cc2OC)cc1. The molecule has 2 rings (SSSR count). The number of hydrogen-bond donors (Lipinski definition) is 3. The lowest BCUT2D eigenvalue weighted by Gasteiger charge is -2.13. The van der Waals surface area contributed by atoms with Gasteiger partial charge in [0.1, 0.15) is 5.75 Å². The van der Waals surface area contributed by atoms with Crippen molar-refractivity contribution in [3.05, 3.63) is 46.4 Å². The molecule has 0 heterocycles. The summed E-state index contributed by atoms with van der Waals surface area (Å²) >= 11 is 3.37. The van der Waals surface area contributed by atoms with Crippen molar-refractivity contribution in [2.75, 3.05) is 32.7 Å². The second-order valence-electron chi connectivity index (χ2n) is 6.11. The molecular formula is C21H23BrN4O6. The van der Waals surface area contributed by atoms with Gasteiger partial charge < -0.3 is 24.8 Å². The highest BCUT2D eigenvalue weighted by atomic mass is 79.9. The van der Waals surface area contributed by atoms with Gasteiger partial charge >= 0.3 is 11.8 Å². The summed E-state index contributed by atoms with van der Waals surface area (Å²) in [7, 11) is 2.79. The van der Waals surface area contributed by atoms with Crippen LogP contribution in [0.4, 0.5) is 5.69 Å². The number of benzene rings is 2. The van der Waals surface area contributed by atoms with Crippen LogP contribution in [0.5, 0.6) is 17.2 Å². The Kier molecular flexibility index (Phi) is 9.48. The number of methoxy groups -OCH3 is 1. The minimum absolute atomic E-state index is 0.252. The fourth-order valence-electron chi connectivity index (χ4n) is 2.42. The average Bonchev–Trinajstić information content (AvgIpc) is 2.78. The summed E-state index contributed by atoms with van der Waals surface area (Å²) in [5.74, 6) is -0.687. The first kappa shape index (κ1) is 24.7. The van der Waals surface area contributed by atoms with Gasteiger partial charge in [-0.2, -0.15) is 5.10 Å². The van der Waals surface area contributed by atoms with Gasteiger partial charge in [0.05, 0.1) is 24.4 Å². The molecule has 11 heteroatoms. The van der Waals surface area contributed by atoms with E-state index in [0.29, 0.717) is 39.6 Å². The zero-order valence-corrected chi connectivity index (χ0v) is 19.3. The summed E-state index contributed by atoms with van der Waals surface area (Å²) in [5.41, 5.74) is 3.26. The molecule has 0 fully saturated rings. The topological polar surface area (TPSA) is 127 Å². The summed E-state index contributed by atoms with van der Waals surface area (Å²) < 4.78 is 16.8. The standard InChI is InChI=1S/C21H23BrN4O6/c1-4-31-15-7-5-14(6-8-15)25-18(27)12-32-19-16(22)9-13(10-17(19)30-3)11-24-26-21(29)20(28)23-2/h5-11H,4,12H2,1-3H3,(H,23,28)(H,25,27)(H,26,29)/b24-11-. The average molecular weight is 507 g/mol. The number of rotatable bonds is 9. The number of likely N-dealkylation sites (N-methyl/N-ethyl adjacent to an activating group) is 1. The maximum Gasteiger partial charge on any atom is 0.329 e. The predicted octanol–water partition coefficient (Wildman–Crippen LogP) is 2.07. The van der Waals surface area contributed by atoms with E-state index < -0.39 is 11.8 Å². The quantitative estimate of drug-likeness (QED) is 0.271. The number of amides is 3. The summed E-state index contributed by atoms with van der Waals surface area (Å²) in [6, 6.07) is 10.2. The van der Waals surface area contributed by atoms with E-state index in [0.717, 1.165) is 0 Å². The Hall–Kier alpha value is -3.60. The summed E-state index contributed by atoms with van der Waals surface area (Å²) in [6.07, 6.45) is 1.33. The van der Waals surface area contributed by atoms with Gasteiger partial charge in [0.25, 0.3) is 5.91 Å². The van der Waals surface area contributed by atoms with Crippen LogP contribution in [-0.4, -0.2) is 51.3 Å². The van der Waals surface area contributed by atoms with E-state index >= 15 is 0 Å². The van der Waals surface area contributed by atoms with Crippen LogP contribution >= 0.6 is 15.9 Å². The second kappa shape index (κ2) is 12.3. The predicted molar refractivity (Wildman–Crippen MR) is 122 cm³/mol. The number of nitrogens with one attached hydrogen (secondary N) is 3. The zero-order chi connectivity index (χ0) is 23.5. The highest BCUT2D eigenvalue weighted by Crippen LogP contribution is 2.36. The third-order valence-electron chi connectivity index (χ3n) is 3.86.